The van der Waals surface area contributed by atoms with Gasteiger partial charge < -0.3 is 4.74 Å². The zero-order chi connectivity index (χ0) is 12.4. The maximum absolute atomic E-state index is 9.81. The van der Waals surface area contributed by atoms with E-state index in [2.05, 4.69) is 35.2 Å². The molecule has 1 unspecified atom stereocenters. The third-order valence-corrected chi connectivity index (χ3v) is 4.18. The van der Waals surface area contributed by atoms with Crippen LogP contribution in [0.5, 0.6) is 0 Å². The highest BCUT2D eigenvalue weighted by Crippen LogP contribution is 2.40. The van der Waals surface area contributed by atoms with Gasteiger partial charge in [0.1, 0.15) is 5.54 Å². The summed E-state index contributed by atoms with van der Waals surface area (Å²) >= 11 is 0. The van der Waals surface area contributed by atoms with E-state index in [4.69, 9.17) is 4.74 Å². The molecule has 1 aliphatic carbocycles. The van der Waals surface area contributed by atoms with Crippen molar-refractivity contribution in [1.82, 2.24) is 4.90 Å². The molecule has 0 saturated carbocycles. The van der Waals surface area contributed by atoms with Crippen LogP contribution in [0.4, 0.5) is 0 Å². The molecule has 0 amide bonds. The molecule has 3 heteroatoms. The van der Waals surface area contributed by atoms with Crippen molar-refractivity contribution in [2.75, 3.05) is 26.3 Å². The number of ether oxygens (including phenoxy) is 1. The van der Waals surface area contributed by atoms with Crippen molar-refractivity contribution in [3.8, 4) is 6.07 Å². The van der Waals surface area contributed by atoms with Crippen LogP contribution in [0.1, 0.15) is 24.0 Å². The second kappa shape index (κ2) is 4.72. The summed E-state index contributed by atoms with van der Waals surface area (Å²) in [6.07, 6.45) is 3.15. The van der Waals surface area contributed by atoms with E-state index in [9.17, 15) is 5.26 Å². The SMILES string of the molecule is N#CC1(N2CCOCC2)CCCc2ccccc21. The minimum Gasteiger partial charge on any atom is -0.379 e. The molecule has 0 spiro atoms. The smallest absolute Gasteiger partial charge is 0.135 e. The van der Waals surface area contributed by atoms with Crippen molar-refractivity contribution < 1.29 is 4.74 Å². The standard InChI is InChI=1S/C15H18N2O/c16-12-15(17-8-10-18-11-9-17)7-3-5-13-4-1-2-6-14(13)15/h1-2,4,6H,3,5,7-11H2. The van der Waals surface area contributed by atoms with Gasteiger partial charge in [0.2, 0.25) is 0 Å². The van der Waals surface area contributed by atoms with E-state index in [0.29, 0.717) is 0 Å². The van der Waals surface area contributed by atoms with Gasteiger partial charge in [0.05, 0.1) is 19.3 Å². The monoisotopic (exact) mass is 242 g/mol. The number of hydrogen-bond donors (Lipinski definition) is 0. The van der Waals surface area contributed by atoms with E-state index in [1.165, 1.54) is 11.1 Å². The van der Waals surface area contributed by atoms with Crippen LogP contribution in [-0.4, -0.2) is 31.2 Å². The third kappa shape index (κ3) is 1.73. The van der Waals surface area contributed by atoms with E-state index in [0.717, 1.165) is 45.6 Å². The minimum absolute atomic E-state index is 0.418. The Morgan fingerprint density at radius 1 is 1.22 bits per heavy atom. The van der Waals surface area contributed by atoms with Crippen LogP contribution < -0.4 is 0 Å². The number of hydrogen-bond acceptors (Lipinski definition) is 3. The first kappa shape index (κ1) is 11.7. The molecule has 1 heterocycles. The zero-order valence-electron chi connectivity index (χ0n) is 10.6. The molecule has 1 atom stereocenters. The van der Waals surface area contributed by atoms with E-state index in [1.807, 2.05) is 0 Å². The van der Waals surface area contributed by atoms with Gasteiger partial charge in [-0.15, -0.1) is 0 Å². The quantitative estimate of drug-likeness (QED) is 0.756. The molecule has 0 N–H and O–H groups in total. The van der Waals surface area contributed by atoms with E-state index >= 15 is 0 Å². The molecule has 1 aromatic rings. The maximum Gasteiger partial charge on any atom is 0.135 e. The van der Waals surface area contributed by atoms with Gasteiger partial charge in [-0.1, -0.05) is 24.3 Å². The number of benzene rings is 1. The summed E-state index contributed by atoms with van der Waals surface area (Å²) in [7, 11) is 0. The largest absolute Gasteiger partial charge is 0.379 e. The van der Waals surface area contributed by atoms with Crippen LogP contribution in [0, 0.1) is 11.3 Å². The molecular formula is C15H18N2O. The van der Waals surface area contributed by atoms with Crippen LogP contribution in [0.2, 0.25) is 0 Å². The Kier molecular flexibility index (Phi) is 3.07. The van der Waals surface area contributed by atoms with Crippen molar-refractivity contribution in [1.29, 1.82) is 5.26 Å². The Morgan fingerprint density at radius 3 is 2.78 bits per heavy atom. The Bertz CT molecular complexity index is 474. The van der Waals surface area contributed by atoms with Gasteiger partial charge in [-0.05, 0) is 30.4 Å². The Morgan fingerprint density at radius 2 is 2.00 bits per heavy atom. The molecule has 1 aliphatic heterocycles. The molecule has 18 heavy (non-hydrogen) atoms. The minimum atomic E-state index is -0.418. The van der Waals surface area contributed by atoms with Crippen molar-refractivity contribution >= 4 is 0 Å². The number of morpholine rings is 1. The molecule has 1 saturated heterocycles. The van der Waals surface area contributed by atoms with Crippen molar-refractivity contribution in [3.05, 3.63) is 35.4 Å². The van der Waals surface area contributed by atoms with Crippen LogP contribution >= 0.6 is 0 Å². The first-order valence-corrected chi connectivity index (χ1v) is 6.69. The molecule has 3 nitrogen and oxygen atoms in total. The van der Waals surface area contributed by atoms with Gasteiger partial charge in [0.25, 0.3) is 0 Å². The van der Waals surface area contributed by atoms with Crippen molar-refractivity contribution in [2.24, 2.45) is 0 Å². The summed E-state index contributed by atoms with van der Waals surface area (Å²) < 4.78 is 5.42. The normalized spacial score (nSPS) is 28.4. The Labute approximate surface area is 108 Å². The van der Waals surface area contributed by atoms with E-state index < -0.39 is 5.54 Å². The molecule has 94 valence electrons. The average molecular weight is 242 g/mol. The summed E-state index contributed by atoms with van der Waals surface area (Å²) in [4.78, 5) is 2.31. The van der Waals surface area contributed by atoms with Crippen molar-refractivity contribution in [3.63, 3.8) is 0 Å². The van der Waals surface area contributed by atoms with Crippen LogP contribution in [-0.2, 0) is 16.7 Å². The number of fused-ring (bicyclic) bond motifs is 1. The highest BCUT2D eigenvalue weighted by atomic mass is 16.5. The van der Waals surface area contributed by atoms with Gasteiger partial charge in [-0.2, -0.15) is 5.26 Å². The molecule has 2 aliphatic rings. The second-order valence-electron chi connectivity index (χ2n) is 5.08. The third-order valence-electron chi connectivity index (χ3n) is 4.18. The van der Waals surface area contributed by atoms with E-state index in [1.54, 1.807) is 0 Å². The molecule has 0 aromatic heterocycles. The fraction of sp³-hybridized carbons (Fsp3) is 0.533. The number of nitriles is 1. The number of rotatable bonds is 1. The number of nitrogens with zero attached hydrogens (tertiary/aromatic N) is 2. The molecule has 3 rings (SSSR count). The average Bonchev–Trinajstić information content (AvgIpc) is 2.47. The number of aryl methyl sites for hydroxylation is 1. The lowest BCUT2D eigenvalue weighted by atomic mass is 9.76. The van der Waals surface area contributed by atoms with Crippen LogP contribution in [0.15, 0.2) is 24.3 Å². The van der Waals surface area contributed by atoms with Gasteiger partial charge in [0, 0.05) is 13.1 Å². The van der Waals surface area contributed by atoms with Gasteiger partial charge in [-0.25, -0.2) is 0 Å². The summed E-state index contributed by atoms with van der Waals surface area (Å²) in [5.74, 6) is 0. The van der Waals surface area contributed by atoms with E-state index in [-0.39, 0.29) is 0 Å². The maximum atomic E-state index is 9.81. The molecule has 1 fully saturated rings. The highest BCUT2D eigenvalue weighted by molar-refractivity contribution is 5.41. The lowest BCUT2D eigenvalue weighted by Gasteiger charge is -2.44. The lowest BCUT2D eigenvalue weighted by Crippen LogP contribution is -2.52. The summed E-state index contributed by atoms with van der Waals surface area (Å²) in [5, 5.41) is 9.81. The first-order chi connectivity index (χ1) is 8.87. The van der Waals surface area contributed by atoms with Gasteiger partial charge >= 0.3 is 0 Å². The topological polar surface area (TPSA) is 36.3 Å². The summed E-state index contributed by atoms with van der Waals surface area (Å²) in [6, 6.07) is 11.0. The van der Waals surface area contributed by atoms with Crippen LogP contribution in [0.3, 0.4) is 0 Å². The summed E-state index contributed by atoms with van der Waals surface area (Å²) in [5.41, 5.74) is 2.15. The van der Waals surface area contributed by atoms with Crippen LogP contribution in [0.25, 0.3) is 0 Å². The predicted molar refractivity (Wildman–Crippen MR) is 69.1 cm³/mol. The second-order valence-corrected chi connectivity index (χ2v) is 5.08. The Hall–Kier alpha value is -1.37. The molecule has 0 radical (unpaired) electrons. The fourth-order valence-corrected chi connectivity index (χ4v) is 3.27. The fourth-order valence-electron chi connectivity index (χ4n) is 3.27. The Balaban J connectivity index is 2.04. The zero-order valence-corrected chi connectivity index (χ0v) is 10.6. The van der Waals surface area contributed by atoms with Gasteiger partial charge in [0.15, 0.2) is 0 Å². The molecule has 0 bridgehead atoms. The summed E-state index contributed by atoms with van der Waals surface area (Å²) in [6.45, 7) is 3.21. The lowest BCUT2D eigenvalue weighted by molar-refractivity contribution is -0.0104. The molecule has 1 aromatic carbocycles. The highest BCUT2D eigenvalue weighted by Gasteiger charge is 2.42. The van der Waals surface area contributed by atoms with Gasteiger partial charge in [-0.3, -0.25) is 4.90 Å². The predicted octanol–water partition coefficient (Wildman–Crippen LogP) is 2.07. The first-order valence-electron chi connectivity index (χ1n) is 6.69. The van der Waals surface area contributed by atoms with Crippen molar-refractivity contribution in [2.45, 2.75) is 24.8 Å². The molecular weight excluding hydrogens is 224 g/mol.